The van der Waals surface area contributed by atoms with Crippen molar-refractivity contribution in [2.45, 2.75) is 32.3 Å². The molecule has 78 valence electrons. The van der Waals surface area contributed by atoms with Crippen molar-refractivity contribution >= 4 is 5.97 Å². The Bertz CT molecular complexity index is 157. The molecule has 0 radical (unpaired) electrons. The van der Waals surface area contributed by atoms with Gasteiger partial charge in [0.15, 0.2) is 0 Å². The summed E-state index contributed by atoms with van der Waals surface area (Å²) in [6.45, 7) is 5.43. The lowest BCUT2D eigenvalue weighted by atomic mass is 10.1. The molecule has 2 N–H and O–H groups in total. The van der Waals surface area contributed by atoms with Gasteiger partial charge in [-0.15, -0.1) is 0 Å². The summed E-state index contributed by atoms with van der Waals surface area (Å²) in [5.74, 6) is -0.743. The van der Waals surface area contributed by atoms with E-state index in [-0.39, 0.29) is 12.0 Å². The third-order valence-corrected chi connectivity index (χ3v) is 1.85. The zero-order valence-corrected chi connectivity index (χ0v) is 8.59. The van der Waals surface area contributed by atoms with E-state index in [1.54, 1.807) is 7.11 Å². The topological polar surface area (TPSA) is 58.6 Å². The predicted octanol–water partition coefficient (Wildman–Crippen LogP) is 0.866. The largest absolute Gasteiger partial charge is 0.481 e. The minimum absolute atomic E-state index is 0.177. The zero-order valence-electron chi connectivity index (χ0n) is 8.59. The first-order valence-electron chi connectivity index (χ1n) is 4.45. The highest BCUT2D eigenvalue weighted by Gasteiger charge is 2.14. The van der Waals surface area contributed by atoms with Crippen LogP contribution in [-0.2, 0) is 9.53 Å². The maximum atomic E-state index is 10.2. The fourth-order valence-electron chi connectivity index (χ4n) is 0.826. The fourth-order valence-corrected chi connectivity index (χ4v) is 0.826. The molecule has 0 aliphatic heterocycles. The lowest BCUT2D eigenvalue weighted by molar-refractivity contribution is -0.137. The molecule has 0 heterocycles. The Morgan fingerprint density at radius 3 is 2.62 bits per heavy atom. The average molecular weight is 189 g/mol. The van der Waals surface area contributed by atoms with E-state index in [4.69, 9.17) is 9.84 Å². The molecular formula is C9H19NO3. The second-order valence-corrected chi connectivity index (χ2v) is 3.64. The smallest absolute Gasteiger partial charge is 0.303 e. The molecule has 0 bridgehead atoms. The molecule has 0 aromatic rings. The normalized spacial score (nSPS) is 11.6. The molecule has 0 rings (SSSR count). The van der Waals surface area contributed by atoms with E-state index in [9.17, 15) is 4.79 Å². The standard InChI is InChI=1S/C9H19NO3/c1-9(2,13-3)7-10-6-4-5-8(11)12/h10H,4-7H2,1-3H3,(H,11,12). The van der Waals surface area contributed by atoms with E-state index < -0.39 is 5.97 Å². The number of hydrogen-bond donors (Lipinski definition) is 2. The molecule has 0 amide bonds. The Morgan fingerprint density at radius 1 is 1.54 bits per heavy atom. The number of methoxy groups -OCH3 is 1. The summed E-state index contributed by atoms with van der Waals surface area (Å²) in [6.07, 6.45) is 0.884. The van der Waals surface area contributed by atoms with Gasteiger partial charge < -0.3 is 15.2 Å². The molecule has 0 atom stereocenters. The molecule has 4 heteroatoms. The van der Waals surface area contributed by atoms with Crippen LogP contribution in [0.2, 0.25) is 0 Å². The first-order chi connectivity index (χ1) is 5.98. The van der Waals surface area contributed by atoms with Crippen LogP contribution in [0.15, 0.2) is 0 Å². The summed E-state index contributed by atoms with van der Waals surface area (Å²) in [4.78, 5) is 10.2. The van der Waals surface area contributed by atoms with Crippen molar-refractivity contribution in [3.8, 4) is 0 Å². The highest BCUT2D eigenvalue weighted by Crippen LogP contribution is 2.04. The van der Waals surface area contributed by atoms with Crippen molar-refractivity contribution in [3.63, 3.8) is 0 Å². The third-order valence-electron chi connectivity index (χ3n) is 1.85. The van der Waals surface area contributed by atoms with E-state index in [2.05, 4.69) is 5.32 Å². The van der Waals surface area contributed by atoms with Crippen molar-refractivity contribution in [3.05, 3.63) is 0 Å². The molecule has 0 unspecified atom stereocenters. The van der Waals surface area contributed by atoms with Crippen molar-refractivity contribution in [1.29, 1.82) is 0 Å². The number of carboxylic acids is 1. The van der Waals surface area contributed by atoms with Crippen molar-refractivity contribution in [2.24, 2.45) is 0 Å². The SMILES string of the molecule is COC(C)(C)CNCCCC(=O)O. The number of carbonyl (C=O) groups is 1. The van der Waals surface area contributed by atoms with Crippen LogP contribution < -0.4 is 5.32 Å². The van der Waals surface area contributed by atoms with Crippen molar-refractivity contribution in [2.75, 3.05) is 20.2 Å². The maximum absolute atomic E-state index is 10.2. The number of carboxylic acid groups (broad SMARTS) is 1. The lowest BCUT2D eigenvalue weighted by Crippen LogP contribution is -2.37. The highest BCUT2D eigenvalue weighted by molar-refractivity contribution is 5.66. The summed E-state index contributed by atoms with van der Waals surface area (Å²) >= 11 is 0. The number of rotatable bonds is 7. The van der Waals surface area contributed by atoms with Gasteiger partial charge in [0.1, 0.15) is 0 Å². The minimum atomic E-state index is -0.743. The summed E-state index contributed by atoms with van der Waals surface area (Å²) in [5.41, 5.74) is -0.177. The van der Waals surface area contributed by atoms with Gasteiger partial charge in [-0.2, -0.15) is 0 Å². The van der Waals surface area contributed by atoms with Crippen LogP contribution in [0.1, 0.15) is 26.7 Å². The fraction of sp³-hybridized carbons (Fsp3) is 0.889. The third kappa shape index (κ3) is 7.74. The molecule has 4 nitrogen and oxygen atoms in total. The van der Waals surface area contributed by atoms with Gasteiger partial charge in [-0.05, 0) is 26.8 Å². The van der Waals surface area contributed by atoms with E-state index >= 15 is 0 Å². The Hall–Kier alpha value is -0.610. The number of nitrogens with one attached hydrogen (secondary N) is 1. The van der Waals surface area contributed by atoms with Gasteiger partial charge in [0.2, 0.25) is 0 Å². The van der Waals surface area contributed by atoms with E-state index in [1.165, 1.54) is 0 Å². The van der Waals surface area contributed by atoms with Gasteiger partial charge in [0.05, 0.1) is 5.60 Å². The summed E-state index contributed by atoms with van der Waals surface area (Å²) in [6, 6.07) is 0. The monoisotopic (exact) mass is 189 g/mol. The lowest BCUT2D eigenvalue weighted by Gasteiger charge is -2.23. The van der Waals surface area contributed by atoms with E-state index in [0.29, 0.717) is 6.42 Å². The van der Waals surface area contributed by atoms with Gasteiger partial charge in [-0.25, -0.2) is 0 Å². The summed E-state index contributed by atoms with van der Waals surface area (Å²) < 4.78 is 5.19. The van der Waals surface area contributed by atoms with Crippen LogP contribution in [0, 0.1) is 0 Å². The second kappa shape index (κ2) is 5.94. The average Bonchev–Trinajstić information content (AvgIpc) is 2.03. The predicted molar refractivity (Wildman–Crippen MR) is 50.8 cm³/mol. The van der Waals surface area contributed by atoms with Gasteiger partial charge in [-0.3, -0.25) is 4.79 Å². The van der Waals surface area contributed by atoms with Gasteiger partial charge in [0, 0.05) is 20.1 Å². The first kappa shape index (κ1) is 12.4. The first-order valence-corrected chi connectivity index (χ1v) is 4.45. The van der Waals surface area contributed by atoms with Gasteiger partial charge in [-0.1, -0.05) is 0 Å². The van der Waals surface area contributed by atoms with E-state index in [0.717, 1.165) is 13.1 Å². The number of hydrogen-bond acceptors (Lipinski definition) is 3. The number of ether oxygens (including phenoxy) is 1. The van der Waals surface area contributed by atoms with Gasteiger partial charge in [0.25, 0.3) is 0 Å². The molecule has 13 heavy (non-hydrogen) atoms. The summed E-state index contributed by atoms with van der Waals surface area (Å²) in [7, 11) is 1.67. The Kier molecular flexibility index (Phi) is 5.66. The van der Waals surface area contributed by atoms with Crippen LogP contribution in [0.5, 0.6) is 0 Å². The molecular weight excluding hydrogens is 170 g/mol. The molecule has 0 aliphatic carbocycles. The van der Waals surface area contributed by atoms with Crippen LogP contribution in [0.25, 0.3) is 0 Å². The van der Waals surface area contributed by atoms with Crippen molar-refractivity contribution < 1.29 is 14.6 Å². The van der Waals surface area contributed by atoms with Crippen LogP contribution >= 0.6 is 0 Å². The molecule has 0 aromatic carbocycles. The molecule has 0 fully saturated rings. The molecule has 0 saturated carbocycles. The molecule has 0 aromatic heterocycles. The van der Waals surface area contributed by atoms with Crippen LogP contribution in [0.3, 0.4) is 0 Å². The number of aliphatic carboxylic acids is 1. The van der Waals surface area contributed by atoms with Gasteiger partial charge >= 0.3 is 5.97 Å². The van der Waals surface area contributed by atoms with E-state index in [1.807, 2.05) is 13.8 Å². The maximum Gasteiger partial charge on any atom is 0.303 e. The quantitative estimate of drug-likeness (QED) is 0.583. The molecule has 0 spiro atoms. The van der Waals surface area contributed by atoms with Crippen LogP contribution in [0.4, 0.5) is 0 Å². The Morgan fingerprint density at radius 2 is 2.15 bits per heavy atom. The second-order valence-electron chi connectivity index (χ2n) is 3.64. The summed E-state index contributed by atoms with van der Waals surface area (Å²) in [5, 5.41) is 11.5. The zero-order chi connectivity index (χ0) is 10.3. The highest BCUT2D eigenvalue weighted by atomic mass is 16.5. The molecule has 0 saturated heterocycles. The molecule has 0 aliphatic rings. The Labute approximate surface area is 79.3 Å². The van der Waals surface area contributed by atoms with Crippen molar-refractivity contribution in [1.82, 2.24) is 5.32 Å². The Balaban J connectivity index is 3.30. The minimum Gasteiger partial charge on any atom is -0.481 e. The van der Waals surface area contributed by atoms with Crippen LogP contribution in [-0.4, -0.2) is 36.9 Å².